The van der Waals surface area contributed by atoms with Crippen LogP contribution in [-0.4, -0.2) is 50.2 Å². The fourth-order valence-electron chi connectivity index (χ4n) is 2.29. The van der Waals surface area contributed by atoms with Crippen molar-refractivity contribution in [3.8, 4) is 0 Å². The highest BCUT2D eigenvalue weighted by molar-refractivity contribution is 7.94. The molecule has 2 aliphatic rings. The molecule has 2 unspecified atom stereocenters. The highest BCUT2D eigenvalue weighted by Gasteiger charge is 2.37. The Morgan fingerprint density at radius 3 is 2.88 bits per heavy atom. The van der Waals surface area contributed by atoms with E-state index in [2.05, 4.69) is 12.2 Å². The lowest BCUT2D eigenvalue weighted by Gasteiger charge is -2.22. The van der Waals surface area contributed by atoms with Gasteiger partial charge in [-0.15, -0.1) is 0 Å². The second-order valence-electron chi connectivity index (χ2n) is 4.55. The van der Waals surface area contributed by atoms with E-state index in [4.69, 9.17) is 0 Å². The summed E-state index contributed by atoms with van der Waals surface area (Å²) >= 11 is 0. The summed E-state index contributed by atoms with van der Waals surface area (Å²) in [4.78, 5) is 13.7. The van der Waals surface area contributed by atoms with Crippen molar-refractivity contribution in [1.82, 2.24) is 10.2 Å². The number of nitrogens with zero attached hydrogens (tertiary/aromatic N) is 1. The van der Waals surface area contributed by atoms with Crippen LogP contribution >= 0.6 is 0 Å². The zero-order valence-corrected chi connectivity index (χ0v) is 10.7. The maximum Gasteiger partial charge on any atom is 0.240 e. The quantitative estimate of drug-likeness (QED) is 0.764. The number of likely N-dealkylation sites (tertiary alicyclic amines) is 1. The number of carbonyl (C=O) groups is 1. The van der Waals surface area contributed by atoms with Crippen LogP contribution < -0.4 is 5.32 Å². The molecule has 0 aliphatic carbocycles. The van der Waals surface area contributed by atoms with E-state index < -0.39 is 9.84 Å². The summed E-state index contributed by atoms with van der Waals surface area (Å²) in [5.41, 5.74) is 0. The SMILES string of the molecule is CCCNC1CCN(C2C=CS(=O)(=O)C2)C1=O. The number of nitrogens with one attached hydrogen (secondary N) is 1. The van der Waals surface area contributed by atoms with Crippen LogP contribution in [0.3, 0.4) is 0 Å². The van der Waals surface area contributed by atoms with E-state index in [0.717, 1.165) is 19.4 Å². The van der Waals surface area contributed by atoms with Gasteiger partial charge in [-0.05, 0) is 25.5 Å². The third-order valence-corrected chi connectivity index (χ3v) is 4.57. The van der Waals surface area contributed by atoms with Crippen molar-refractivity contribution >= 4 is 15.7 Å². The molecule has 0 aromatic heterocycles. The summed E-state index contributed by atoms with van der Waals surface area (Å²) in [5.74, 6) is 0.0735. The molecular weight excluding hydrogens is 240 g/mol. The highest BCUT2D eigenvalue weighted by Crippen LogP contribution is 2.21. The number of rotatable bonds is 4. The first-order valence-corrected chi connectivity index (χ1v) is 7.70. The van der Waals surface area contributed by atoms with Crippen LogP contribution in [0.2, 0.25) is 0 Å². The minimum absolute atomic E-state index is 0.0326. The van der Waals surface area contributed by atoms with Crippen LogP contribution in [0, 0.1) is 0 Å². The third-order valence-electron chi connectivity index (χ3n) is 3.19. The van der Waals surface area contributed by atoms with Gasteiger partial charge >= 0.3 is 0 Å². The molecule has 2 heterocycles. The van der Waals surface area contributed by atoms with Gasteiger partial charge in [0.05, 0.1) is 17.8 Å². The average molecular weight is 258 g/mol. The Balaban J connectivity index is 1.97. The smallest absolute Gasteiger partial charge is 0.240 e. The minimum atomic E-state index is -3.09. The lowest BCUT2D eigenvalue weighted by Crippen LogP contribution is -2.43. The van der Waals surface area contributed by atoms with Crippen LogP contribution in [0.1, 0.15) is 19.8 Å². The third kappa shape index (κ3) is 2.69. The van der Waals surface area contributed by atoms with Crippen LogP contribution in [0.4, 0.5) is 0 Å². The molecule has 1 fully saturated rings. The van der Waals surface area contributed by atoms with Gasteiger partial charge in [-0.2, -0.15) is 0 Å². The van der Waals surface area contributed by atoms with E-state index in [-0.39, 0.29) is 23.7 Å². The van der Waals surface area contributed by atoms with E-state index in [0.29, 0.717) is 6.54 Å². The largest absolute Gasteiger partial charge is 0.334 e. The predicted octanol–water partition coefficient (Wildman–Crippen LogP) is -0.102. The van der Waals surface area contributed by atoms with E-state index in [1.807, 2.05) is 0 Å². The summed E-state index contributed by atoms with van der Waals surface area (Å²) < 4.78 is 22.6. The van der Waals surface area contributed by atoms with Crippen molar-refractivity contribution in [1.29, 1.82) is 0 Å². The molecule has 0 aromatic rings. The molecule has 0 spiro atoms. The lowest BCUT2D eigenvalue weighted by molar-refractivity contribution is -0.130. The Bertz CT molecular complexity index is 430. The maximum absolute atomic E-state index is 12.0. The van der Waals surface area contributed by atoms with Crippen molar-refractivity contribution in [3.63, 3.8) is 0 Å². The van der Waals surface area contributed by atoms with E-state index in [1.165, 1.54) is 5.41 Å². The zero-order chi connectivity index (χ0) is 12.5. The number of hydrogen-bond acceptors (Lipinski definition) is 4. The van der Waals surface area contributed by atoms with E-state index >= 15 is 0 Å². The Morgan fingerprint density at radius 1 is 1.53 bits per heavy atom. The molecular formula is C11H18N2O3S. The summed E-state index contributed by atoms with van der Waals surface area (Å²) in [6, 6.07) is -0.396. The number of amides is 1. The molecule has 5 nitrogen and oxygen atoms in total. The standard InChI is InChI=1S/C11H18N2O3S/c1-2-5-12-10-3-6-13(11(10)14)9-4-7-17(15,16)8-9/h4,7,9-10,12H,2-3,5-6,8H2,1H3. The van der Waals surface area contributed by atoms with E-state index in [9.17, 15) is 13.2 Å². The zero-order valence-electron chi connectivity index (χ0n) is 9.93. The van der Waals surface area contributed by atoms with Gasteiger partial charge in [-0.1, -0.05) is 6.92 Å². The van der Waals surface area contributed by atoms with Gasteiger partial charge in [0.1, 0.15) is 0 Å². The van der Waals surface area contributed by atoms with Crippen molar-refractivity contribution in [2.24, 2.45) is 0 Å². The summed E-state index contributed by atoms with van der Waals surface area (Å²) in [6.45, 7) is 3.52. The van der Waals surface area contributed by atoms with Crippen LogP contribution in [-0.2, 0) is 14.6 Å². The van der Waals surface area contributed by atoms with Crippen molar-refractivity contribution in [2.45, 2.75) is 31.8 Å². The minimum Gasteiger partial charge on any atom is -0.334 e. The molecule has 0 radical (unpaired) electrons. The summed E-state index contributed by atoms with van der Waals surface area (Å²) in [6.07, 6.45) is 3.38. The second kappa shape index (κ2) is 4.78. The first-order valence-electron chi connectivity index (χ1n) is 5.98. The molecule has 6 heteroatoms. The molecule has 17 heavy (non-hydrogen) atoms. The van der Waals surface area contributed by atoms with Crippen LogP contribution in [0.25, 0.3) is 0 Å². The normalized spacial score (nSPS) is 31.4. The first kappa shape index (κ1) is 12.6. The number of sulfone groups is 1. The average Bonchev–Trinajstić information content (AvgIpc) is 2.79. The molecule has 1 amide bonds. The molecule has 96 valence electrons. The van der Waals surface area contributed by atoms with Gasteiger partial charge in [-0.3, -0.25) is 4.79 Å². The Morgan fingerprint density at radius 2 is 2.29 bits per heavy atom. The molecule has 2 atom stereocenters. The van der Waals surface area contributed by atoms with Gasteiger partial charge < -0.3 is 10.2 Å². The Kier molecular flexibility index (Phi) is 3.53. The molecule has 0 aromatic carbocycles. The maximum atomic E-state index is 12.0. The van der Waals surface area contributed by atoms with Gasteiger partial charge in [0.2, 0.25) is 5.91 Å². The molecule has 2 rings (SSSR count). The first-order chi connectivity index (χ1) is 8.03. The summed E-state index contributed by atoms with van der Waals surface area (Å²) in [7, 11) is -3.09. The second-order valence-corrected chi connectivity index (χ2v) is 6.48. The molecule has 1 saturated heterocycles. The molecule has 0 bridgehead atoms. The Hall–Kier alpha value is -0.880. The van der Waals surface area contributed by atoms with Crippen LogP contribution in [0.15, 0.2) is 11.5 Å². The van der Waals surface area contributed by atoms with E-state index in [1.54, 1.807) is 11.0 Å². The molecule has 2 aliphatic heterocycles. The highest BCUT2D eigenvalue weighted by atomic mass is 32.2. The lowest BCUT2D eigenvalue weighted by atomic mass is 10.2. The van der Waals surface area contributed by atoms with Gasteiger partial charge in [0, 0.05) is 12.0 Å². The summed E-state index contributed by atoms with van der Waals surface area (Å²) in [5, 5.41) is 4.41. The van der Waals surface area contributed by atoms with Gasteiger partial charge in [0.25, 0.3) is 0 Å². The fourth-order valence-corrected chi connectivity index (χ4v) is 3.59. The topological polar surface area (TPSA) is 66.5 Å². The van der Waals surface area contributed by atoms with Gasteiger partial charge in [-0.25, -0.2) is 8.42 Å². The number of carbonyl (C=O) groups excluding carboxylic acids is 1. The fraction of sp³-hybridized carbons (Fsp3) is 0.727. The van der Waals surface area contributed by atoms with Crippen molar-refractivity contribution in [3.05, 3.63) is 11.5 Å². The molecule has 0 saturated carbocycles. The predicted molar refractivity (Wildman–Crippen MR) is 65.1 cm³/mol. The molecule has 1 N–H and O–H groups in total. The van der Waals surface area contributed by atoms with Crippen LogP contribution in [0.5, 0.6) is 0 Å². The van der Waals surface area contributed by atoms with Gasteiger partial charge in [0.15, 0.2) is 9.84 Å². The monoisotopic (exact) mass is 258 g/mol. The number of hydrogen-bond donors (Lipinski definition) is 1. The Labute approximate surface area is 102 Å². The van der Waals surface area contributed by atoms with Crippen molar-refractivity contribution < 1.29 is 13.2 Å². The van der Waals surface area contributed by atoms with Crippen molar-refractivity contribution in [2.75, 3.05) is 18.8 Å².